The topological polar surface area (TPSA) is 95.5 Å². The molecular formula is C14H17ClN2O4. The Morgan fingerprint density at radius 2 is 1.90 bits per heavy atom. The number of urea groups is 1. The molecule has 0 heterocycles. The molecule has 0 aliphatic carbocycles. The molecule has 3 amide bonds. The van der Waals surface area contributed by atoms with Crippen LogP contribution in [0.15, 0.2) is 18.2 Å². The van der Waals surface area contributed by atoms with Crippen molar-refractivity contribution in [2.75, 3.05) is 5.32 Å². The quantitative estimate of drug-likeness (QED) is 0.796. The minimum absolute atomic E-state index is 0.296. The number of rotatable bonds is 4. The fraction of sp³-hybridized carbons (Fsp3) is 0.357. The SMILES string of the molecule is Cc1cc(Cl)ccc1NC(=O)NC(=O)CC(C)(C)C(=O)O. The minimum atomic E-state index is -1.24. The van der Waals surface area contributed by atoms with Crippen molar-refractivity contribution in [2.45, 2.75) is 27.2 Å². The molecule has 0 spiro atoms. The third-order valence-electron chi connectivity index (χ3n) is 2.87. The van der Waals surface area contributed by atoms with Crippen molar-refractivity contribution in [3.8, 4) is 0 Å². The highest BCUT2D eigenvalue weighted by atomic mass is 35.5. The van der Waals surface area contributed by atoms with Crippen LogP contribution in [0.4, 0.5) is 10.5 Å². The Hall–Kier alpha value is -2.08. The first kappa shape index (κ1) is 17.0. The van der Waals surface area contributed by atoms with E-state index in [9.17, 15) is 14.4 Å². The summed E-state index contributed by atoms with van der Waals surface area (Å²) in [5.74, 6) is -1.77. The predicted molar refractivity (Wildman–Crippen MR) is 79.4 cm³/mol. The van der Waals surface area contributed by atoms with Gasteiger partial charge in [0.05, 0.1) is 5.41 Å². The van der Waals surface area contributed by atoms with E-state index < -0.39 is 23.3 Å². The summed E-state index contributed by atoms with van der Waals surface area (Å²) in [6.07, 6.45) is -0.296. The van der Waals surface area contributed by atoms with Crippen LogP contribution in [0.2, 0.25) is 5.02 Å². The number of carboxylic acids is 1. The largest absolute Gasteiger partial charge is 0.481 e. The summed E-state index contributed by atoms with van der Waals surface area (Å²) in [6, 6.07) is 4.18. The number of hydrogen-bond donors (Lipinski definition) is 3. The van der Waals surface area contributed by atoms with Gasteiger partial charge in [0.2, 0.25) is 5.91 Å². The molecule has 0 saturated carbocycles. The van der Waals surface area contributed by atoms with Crippen molar-refractivity contribution < 1.29 is 19.5 Å². The minimum Gasteiger partial charge on any atom is -0.481 e. The number of anilines is 1. The van der Waals surface area contributed by atoms with E-state index in [-0.39, 0.29) is 6.42 Å². The van der Waals surface area contributed by atoms with Gasteiger partial charge in [0, 0.05) is 17.1 Å². The van der Waals surface area contributed by atoms with Gasteiger partial charge >= 0.3 is 12.0 Å². The second-order valence-electron chi connectivity index (χ2n) is 5.33. The van der Waals surface area contributed by atoms with Crippen molar-refractivity contribution in [3.05, 3.63) is 28.8 Å². The van der Waals surface area contributed by atoms with Gasteiger partial charge in [-0.15, -0.1) is 0 Å². The summed E-state index contributed by atoms with van der Waals surface area (Å²) in [5.41, 5.74) is 0.0266. The summed E-state index contributed by atoms with van der Waals surface area (Å²) < 4.78 is 0. The number of amides is 3. The van der Waals surface area contributed by atoms with E-state index in [0.29, 0.717) is 10.7 Å². The molecule has 0 radical (unpaired) electrons. The molecule has 1 aromatic carbocycles. The number of benzene rings is 1. The third-order valence-corrected chi connectivity index (χ3v) is 3.11. The molecule has 1 aromatic rings. The number of carbonyl (C=O) groups is 3. The van der Waals surface area contributed by atoms with Crippen molar-refractivity contribution in [3.63, 3.8) is 0 Å². The fourth-order valence-corrected chi connectivity index (χ4v) is 1.80. The lowest BCUT2D eigenvalue weighted by molar-refractivity contribution is -0.149. The van der Waals surface area contributed by atoms with E-state index in [2.05, 4.69) is 10.6 Å². The normalized spacial score (nSPS) is 10.9. The van der Waals surface area contributed by atoms with Gasteiger partial charge in [-0.1, -0.05) is 11.6 Å². The summed E-state index contributed by atoms with van der Waals surface area (Å²) in [6.45, 7) is 4.59. The van der Waals surface area contributed by atoms with Gasteiger partial charge in [0.25, 0.3) is 0 Å². The van der Waals surface area contributed by atoms with E-state index >= 15 is 0 Å². The number of carboxylic acid groups (broad SMARTS) is 1. The van der Waals surface area contributed by atoms with Crippen LogP contribution in [0.5, 0.6) is 0 Å². The van der Waals surface area contributed by atoms with Crippen LogP contribution >= 0.6 is 11.6 Å². The molecular weight excluding hydrogens is 296 g/mol. The van der Waals surface area contributed by atoms with E-state index in [1.165, 1.54) is 13.8 Å². The third kappa shape index (κ3) is 5.07. The van der Waals surface area contributed by atoms with Crippen LogP contribution in [0, 0.1) is 12.3 Å². The van der Waals surface area contributed by atoms with Gasteiger partial charge in [-0.3, -0.25) is 14.9 Å². The maximum Gasteiger partial charge on any atom is 0.325 e. The van der Waals surface area contributed by atoms with Crippen LogP contribution < -0.4 is 10.6 Å². The summed E-state index contributed by atoms with van der Waals surface area (Å²) in [4.78, 5) is 34.3. The summed E-state index contributed by atoms with van der Waals surface area (Å²) >= 11 is 5.80. The Bertz CT molecular complexity index is 584. The Balaban J connectivity index is 2.61. The molecule has 0 unspecified atom stereocenters. The zero-order chi connectivity index (χ0) is 16.2. The number of aryl methyl sites for hydroxylation is 1. The summed E-state index contributed by atoms with van der Waals surface area (Å²) in [5, 5.41) is 14.1. The van der Waals surface area contributed by atoms with E-state index in [1.54, 1.807) is 25.1 Å². The lowest BCUT2D eigenvalue weighted by Gasteiger charge is -2.18. The fourth-order valence-electron chi connectivity index (χ4n) is 1.57. The first-order chi connectivity index (χ1) is 9.61. The molecule has 0 atom stereocenters. The summed E-state index contributed by atoms with van der Waals surface area (Å²) in [7, 11) is 0. The molecule has 1 rings (SSSR count). The molecule has 6 nitrogen and oxygen atoms in total. The second-order valence-corrected chi connectivity index (χ2v) is 5.76. The van der Waals surface area contributed by atoms with Crippen LogP contribution in [0.1, 0.15) is 25.8 Å². The predicted octanol–water partition coefficient (Wildman–Crippen LogP) is 2.80. The zero-order valence-electron chi connectivity index (χ0n) is 12.0. The molecule has 0 saturated heterocycles. The maximum atomic E-state index is 11.7. The van der Waals surface area contributed by atoms with Crippen molar-refractivity contribution in [1.29, 1.82) is 0 Å². The molecule has 3 N–H and O–H groups in total. The molecule has 0 aliphatic rings. The highest BCUT2D eigenvalue weighted by Gasteiger charge is 2.30. The standard InChI is InChI=1S/C14H17ClN2O4/c1-8-6-9(15)4-5-10(8)16-13(21)17-11(18)7-14(2,3)12(19)20/h4-6H,7H2,1-3H3,(H,19,20)(H2,16,17,18,21). The van der Waals surface area contributed by atoms with Gasteiger partial charge in [0.15, 0.2) is 0 Å². The highest BCUT2D eigenvalue weighted by Crippen LogP contribution is 2.21. The van der Waals surface area contributed by atoms with Gasteiger partial charge < -0.3 is 10.4 Å². The zero-order valence-corrected chi connectivity index (χ0v) is 12.7. The van der Waals surface area contributed by atoms with Crippen molar-refractivity contribution in [1.82, 2.24) is 5.32 Å². The van der Waals surface area contributed by atoms with Gasteiger partial charge in [-0.05, 0) is 44.5 Å². The van der Waals surface area contributed by atoms with Crippen LogP contribution in [-0.2, 0) is 9.59 Å². The van der Waals surface area contributed by atoms with Crippen LogP contribution in [0.25, 0.3) is 0 Å². The van der Waals surface area contributed by atoms with Gasteiger partial charge in [-0.2, -0.15) is 0 Å². The Kier molecular flexibility index (Phi) is 5.32. The maximum absolute atomic E-state index is 11.7. The Labute approximate surface area is 127 Å². The first-order valence-electron chi connectivity index (χ1n) is 6.22. The molecule has 0 aliphatic heterocycles. The molecule has 114 valence electrons. The molecule has 0 aromatic heterocycles. The average molecular weight is 313 g/mol. The highest BCUT2D eigenvalue weighted by molar-refractivity contribution is 6.30. The lowest BCUT2D eigenvalue weighted by atomic mass is 9.89. The number of hydrogen-bond acceptors (Lipinski definition) is 3. The number of imide groups is 1. The second kappa shape index (κ2) is 6.58. The molecule has 0 fully saturated rings. The smallest absolute Gasteiger partial charge is 0.325 e. The van der Waals surface area contributed by atoms with Gasteiger partial charge in [-0.25, -0.2) is 4.79 Å². The molecule has 0 bridgehead atoms. The Morgan fingerprint density at radius 3 is 2.43 bits per heavy atom. The molecule has 7 heteroatoms. The number of aliphatic carboxylic acids is 1. The van der Waals surface area contributed by atoms with E-state index in [0.717, 1.165) is 5.56 Å². The first-order valence-corrected chi connectivity index (χ1v) is 6.60. The lowest BCUT2D eigenvalue weighted by Crippen LogP contribution is -2.38. The van der Waals surface area contributed by atoms with Crippen LogP contribution in [-0.4, -0.2) is 23.0 Å². The van der Waals surface area contributed by atoms with E-state index in [4.69, 9.17) is 16.7 Å². The average Bonchev–Trinajstić information content (AvgIpc) is 2.31. The van der Waals surface area contributed by atoms with E-state index in [1.807, 2.05) is 0 Å². The molecule has 21 heavy (non-hydrogen) atoms. The number of carbonyl (C=O) groups excluding carboxylic acids is 2. The monoisotopic (exact) mass is 312 g/mol. The Morgan fingerprint density at radius 1 is 1.29 bits per heavy atom. The number of nitrogens with one attached hydrogen (secondary N) is 2. The van der Waals surface area contributed by atoms with Crippen molar-refractivity contribution >= 4 is 35.2 Å². The van der Waals surface area contributed by atoms with Crippen molar-refractivity contribution in [2.24, 2.45) is 5.41 Å². The van der Waals surface area contributed by atoms with Gasteiger partial charge in [0.1, 0.15) is 0 Å². The number of halogens is 1. The van der Waals surface area contributed by atoms with Crippen LogP contribution in [0.3, 0.4) is 0 Å².